The van der Waals surface area contributed by atoms with Crippen molar-refractivity contribution >= 4 is 17.7 Å². The van der Waals surface area contributed by atoms with Gasteiger partial charge in [-0.2, -0.15) is 5.26 Å². The van der Waals surface area contributed by atoms with Gasteiger partial charge in [0.1, 0.15) is 17.6 Å². The van der Waals surface area contributed by atoms with Crippen LogP contribution in [0.1, 0.15) is 5.56 Å². The zero-order valence-electron chi connectivity index (χ0n) is 16.4. The number of nitriles is 1. The number of anilines is 1. The molecule has 1 N–H and O–H groups in total. The number of hydrogen-bond acceptors (Lipinski definition) is 5. The van der Waals surface area contributed by atoms with Gasteiger partial charge >= 0.3 is 0 Å². The van der Waals surface area contributed by atoms with Gasteiger partial charge in [-0.1, -0.05) is 24.3 Å². The number of nitrogens with one attached hydrogen (secondary N) is 1. The highest BCUT2D eigenvalue weighted by Gasteiger charge is 2.05. The van der Waals surface area contributed by atoms with Crippen LogP contribution in [-0.4, -0.2) is 19.6 Å². The van der Waals surface area contributed by atoms with Crippen molar-refractivity contribution in [1.29, 1.82) is 5.26 Å². The monoisotopic (exact) mass is 400 g/mol. The first-order chi connectivity index (χ1) is 14.7. The van der Waals surface area contributed by atoms with Crippen molar-refractivity contribution in [3.8, 4) is 29.1 Å². The summed E-state index contributed by atoms with van der Waals surface area (Å²) in [6, 6.07) is 23.7. The predicted octanol–water partition coefficient (Wildman–Crippen LogP) is 5.04. The van der Waals surface area contributed by atoms with Crippen LogP contribution in [0, 0.1) is 11.3 Å². The number of nitrogens with zero attached hydrogens (tertiary/aromatic N) is 1. The molecule has 0 unspecified atom stereocenters. The second-order valence-electron chi connectivity index (χ2n) is 6.12. The molecule has 0 fully saturated rings. The van der Waals surface area contributed by atoms with E-state index < -0.39 is 0 Å². The fraction of sp³-hybridized carbons (Fsp3) is 0.0833. The third-order valence-electron chi connectivity index (χ3n) is 4.01. The lowest BCUT2D eigenvalue weighted by molar-refractivity contribution is -0.111. The third kappa shape index (κ3) is 5.88. The highest BCUT2D eigenvalue weighted by Crippen LogP contribution is 2.28. The van der Waals surface area contributed by atoms with E-state index in [0.29, 0.717) is 22.9 Å². The lowest BCUT2D eigenvalue weighted by Gasteiger charge is -2.09. The molecule has 0 aromatic heterocycles. The predicted molar refractivity (Wildman–Crippen MR) is 115 cm³/mol. The molecular formula is C24H20N2O4. The minimum absolute atomic E-state index is 0.0663. The molecule has 3 aromatic rings. The van der Waals surface area contributed by atoms with Crippen molar-refractivity contribution in [2.24, 2.45) is 0 Å². The summed E-state index contributed by atoms with van der Waals surface area (Å²) in [5.74, 6) is 2.12. The Labute approximate surface area is 174 Å². The SMILES string of the molecule is COc1cc(/C=C/C(=O)Nc2ccc(Oc3ccccc3)cc2)ccc1OCC#N. The van der Waals surface area contributed by atoms with E-state index >= 15 is 0 Å². The molecular weight excluding hydrogens is 380 g/mol. The van der Waals surface area contributed by atoms with Crippen LogP contribution < -0.4 is 19.5 Å². The zero-order chi connectivity index (χ0) is 21.2. The van der Waals surface area contributed by atoms with E-state index in [1.807, 2.05) is 36.4 Å². The van der Waals surface area contributed by atoms with Gasteiger partial charge in [0.15, 0.2) is 18.1 Å². The van der Waals surface area contributed by atoms with Crippen LogP contribution >= 0.6 is 0 Å². The lowest BCUT2D eigenvalue weighted by Crippen LogP contribution is -2.07. The Balaban J connectivity index is 1.58. The summed E-state index contributed by atoms with van der Waals surface area (Å²) in [6.45, 7) is -0.0663. The van der Waals surface area contributed by atoms with Gasteiger partial charge < -0.3 is 19.5 Å². The Morgan fingerprint density at radius 3 is 2.43 bits per heavy atom. The minimum atomic E-state index is -0.268. The van der Waals surface area contributed by atoms with Crippen molar-refractivity contribution in [1.82, 2.24) is 0 Å². The van der Waals surface area contributed by atoms with E-state index in [0.717, 1.165) is 11.3 Å². The maximum absolute atomic E-state index is 12.2. The molecule has 30 heavy (non-hydrogen) atoms. The second kappa shape index (κ2) is 10.3. The third-order valence-corrected chi connectivity index (χ3v) is 4.01. The Morgan fingerprint density at radius 2 is 1.73 bits per heavy atom. The van der Waals surface area contributed by atoms with Gasteiger partial charge in [-0.05, 0) is 60.2 Å². The highest BCUT2D eigenvalue weighted by atomic mass is 16.5. The van der Waals surface area contributed by atoms with Crippen LogP contribution in [0.4, 0.5) is 5.69 Å². The number of hydrogen-bond donors (Lipinski definition) is 1. The van der Waals surface area contributed by atoms with Crippen LogP contribution in [0.2, 0.25) is 0 Å². The van der Waals surface area contributed by atoms with Gasteiger partial charge in [0.05, 0.1) is 7.11 Å². The van der Waals surface area contributed by atoms with Crippen molar-refractivity contribution in [3.63, 3.8) is 0 Å². The average molecular weight is 400 g/mol. The molecule has 0 atom stereocenters. The molecule has 150 valence electrons. The molecule has 0 aliphatic heterocycles. The molecule has 6 heteroatoms. The molecule has 0 spiro atoms. The van der Waals surface area contributed by atoms with Crippen molar-refractivity contribution in [3.05, 3.63) is 84.4 Å². The van der Waals surface area contributed by atoms with E-state index in [2.05, 4.69) is 5.32 Å². The summed E-state index contributed by atoms with van der Waals surface area (Å²) in [5, 5.41) is 11.4. The summed E-state index contributed by atoms with van der Waals surface area (Å²) in [7, 11) is 1.51. The number of ether oxygens (including phenoxy) is 3. The molecule has 0 heterocycles. The van der Waals surface area contributed by atoms with Gasteiger partial charge in [0.2, 0.25) is 5.91 Å². The average Bonchev–Trinajstić information content (AvgIpc) is 2.78. The van der Waals surface area contributed by atoms with E-state index in [1.54, 1.807) is 48.5 Å². The smallest absolute Gasteiger partial charge is 0.248 e. The maximum Gasteiger partial charge on any atom is 0.248 e. The number of methoxy groups -OCH3 is 1. The van der Waals surface area contributed by atoms with Crippen molar-refractivity contribution in [2.45, 2.75) is 0 Å². The molecule has 0 saturated carbocycles. The molecule has 0 aliphatic rings. The fourth-order valence-corrected chi connectivity index (χ4v) is 2.60. The number of carbonyl (C=O) groups is 1. The summed E-state index contributed by atoms with van der Waals surface area (Å²) < 4.78 is 16.3. The molecule has 0 saturated heterocycles. The minimum Gasteiger partial charge on any atom is -0.493 e. The van der Waals surface area contributed by atoms with Gasteiger partial charge in [0, 0.05) is 11.8 Å². The van der Waals surface area contributed by atoms with Crippen molar-refractivity contribution < 1.29 is 19.0 Å². The summed E-state index contributed by atoms with van der Waals surface area (Å²) in [4.78, 5) is 12.2. The molecule has 0 radical (unpaired) electrons. The number of rotatable bonds is 8. The van der Waals surface area contributed by atoms with Crippen LogP contribution in [0.15, 0.2) is 78.9 Å². The summed E-state index contributed by atoms with van der Waals surface area (Å²) in [6.07, 6.45) is 3.10. The summed E-state index contributed by atoms with van der Waals surface area (Å²) in [5.41, 5.74) is 1.42. The first-order valence-corrected chi connectivity index (χ1v) is 9.18. The molecule has 3 aromatic carbocycles. The van der Waals surface area contributed by atoms with Gasteiger partial charge in [-0.25, -0.2) is 0 Å². The normalized spacial score (nSPS) is 10.3. The number of amides is 1. The zero-order valence-corrected chi connectivity index (χ0v) is 16.4. The fourth-order valence-electron chi connectivity index (χ4n) is 2.60. The highest BCUT2D eigenvalue weighted by molar-refractivity contribution is 6.02. The van der Waals surface area contributed by atoms with E-state index in [4.69, 9.17) is 19.5 Å². The first-order valence-electron chi connectivity index (χ1n) is 9.18. The quantitative estimate of drug-likeness (QED) is 0.536. The van der Waals surface area contributed by atoms with E-state index in [-0.39, 0.29) is 12.5 Å². The van der Waals surface area contributed by atoms with Crippen LogP contribution in [0.25, 0.3) is 6.08 Å². The molecule has 3 rings (SSSR count). The second-order valence-corrected chi connectivity index (χ2v) is 6.12. The summed E-state index contributed by atoms with van der Waals surface area (Å²) >= 11 is 0. The number of benzene rings is 3. The van der Waals surface area contributed by atoms with Gasteiger partial charge in [-0.3, -0.25) is 4.79 Å². The van der Waals surface area contributed by atoms with E-state index in [9.17, 15) is 4.79 Å². The first kappa shape index (κ1) is 20.5. The van der Waals surface area contributed by atoms with Gasteiger partial charge in [-0.15, -0.1) is 0 Å². The Hall–Kier alpha value is -4.24. The largest absolute Gasteiger partial charge is 0.493 e. The Bertz CT molecular complexity index is 1050. The number of para-hydroxylation sites is 1. The van der Waals surface area contributed by atoms with Crippen LogP contribution in [0.5, 0.6) is 23.0 Å². The molecule has 0 aliphatic carbocycles. The van der Waals surface area contributed by atoms with Crippen molar-refractivity contribution in [2.75, 3.05) is 19.0 Å². The standard InChI is InChI=1S/C24H20N2O4/c1-28-23-17-18(7-13-22(23)29-16-15-25)8-14-24(27)26-19-9-11-21(12-10-19)30-20-5-3-2-4-6-20/h2-14,17H,16H2,1H3,(H,26,27)/b14-8+. The molecule has 6 nitrogen and oxygen atoms in total. The molecule has 1 amide bonds. The Morgan fingerprint density at radius 1 is 1.00 bits per heavy atom. The van der Waals surface area contributed by atoms with E-state index in [1.165, 1.54) is 13.2 Å². The Kier molecular flexibility index (Phi) is 7.07. The van der Waals surface area contributed by atoms with Crippen LogP contribution in [-0.2, 0) is 4.79 Å². The van der Waals surface area contributed by atoms with Crippen LogP contribution in [0.3, 0.4) is 0 Å². The van der Waals surface area contributed by atoms with Gasteiger partial charge in [0.25, 0.3) is 0 Å². The number of carbonyl (C=O) groups excluding carboxylic acids is 1. The topological polar surface area (TPSA) is 80.6 Å². The lowest BCUT2D eigenvalue weighted by atomic mass is 10.2. The maximum atomic E-state index is 12.2. The molecule has 0 bridgehead atoms.